The molecule has 0 spiro atoms. The van der Waals surface area contributed by atoms with Gasteiger partial charge in [-0.2, -0.15) is 26.3 Å². The number of benzene rings is 2. The Labute approximate surface area is 225 Å². The zero-order valence-corrected chi connectivity index (χ0v) is 21.0. The molecule has 3 aromatic rings. The van der Waals surface area contributed by atoms with Crippen molar-refractivity contribution in [1.82, 2.24) is 9.88 Å². The van der Waals surface area contributed by atoms with Crippen molar-refractivity contribution >= 4 is 61.8 Å². The number of nitrogens with two attached hydrogens (primary N) is 1. The van der Waals surface area contributed by atoms with E-state index in [-0.39, 0.29) is 5.91 Å². The molecule has 1 aliphatic rings. The molecular formula is C22H19ClF6N4O5S. The fourth-order valence-corrected chi connectivity index (χ4v) is 3.92. The number of halogens is 7. The summed E-state index contributed by atoms with van der Waals surface area (Å²) in [5.74, 6) is -5.47. The van der Waals surface area contributed by atoms with Gasteiger partial charge in [-0.15, -0.1) is 0 Å². The second-order valence-corrected chi connectivity index (χ2v) is 9.09. The molecular weight excluding hydrogens is 582 g/mol. The lowest BCUT2D eigenvalue weighted by Crippen LogP contribution is -2.48. The highest BCUT2D eigenvalue weighted by atomic mass is 35.5. The number of alkyl halides is 6. The number of aromatic nitrogens is 1. The Morgan fingerprint density at radius 2 is 1.36 bits per heavy atom. The van der Waals surface area contributed by atoms with Crippen molar-refractivity contribution in [2.75, 3.05) is 36.8 Å². The van der Waals surface area contributed by atoms with Crippen LogP contribution in [0, 0.1) is 0 Å². The van der Waals surface area contributed by atoms with Gasteiger partial charge in [-0.1, -0.05) is 22.9 Å². The van der Waals surface area contributed by atoms with Crippen LogP contribution in [-0.2, 0) is 9.59 Å². The quantitative estimate of drug-likeness (QED) is 0.358. The molecule has 1 aliphatic heterocycles. The van der Waals surface area contributed by atoms with E-state index in [9.17, 15) is 31.1 Å². The van der Waals surface area contributed by atoms with Crippen molar-refractivity contribution < 1.29 is 50.9 Å². The molecule has 0 saturated carbocycles. The number of hydrogen-bond donors (Lipinski definition) is 3. The number of rotatable bonds is 2. The molecule has 2 heterocycles. The molecule has 2 aromatic carbocycles. The SMILES string of the molecule is Nc1nc2cc(C(=O)N3CCN(c4ccc(Cl)cc4)CC3)ccc2s1.O=C(O)C(F)(F)F.O=C(O)C(F)(F)F. The van der Waals surface area contributed by atoms with Gasteiger partial charge in [0.05, 0.1) is 10.2 Å². The third kappa shape index (κ3) is 9.47. The summed E-state index contributed by atoms with van der Waals surface area (Å²) < 4.78 is 64.5. The maximum atomic E-state index is 12.8. The van der Waals surface area contributed by atoms with Gasteiger partial charge in [0.1, 0.15) is 0 Å². The van der Waals surface area contributed by atoms with E-state index in [2.05, 4.69) is 9.88 Å². The van der Waals surface area contributed by atoms with Crippen LogP contribution in [-0.4, -0.2) is 76.5 Å². The zero-order chi connectivity index (χ0) is 29.5. The van der Waals surface area contributed by atoms with E-state index in [0.29, 0.717) is 23.8 Å². The van der Waals surface area contributed by atoms with Crippen LogP contribution in [0.3, 0.4) is 0 Å². The maximum Gasteiger partial charge on any atom is 0.490 e. The van der Waals surface area contributed by atoms with E-state index in [1.54, 1.807) is 0 Å². The first-order valence-corrected chi connectivity index (χ1v) is 11.7. The Morgan fingerprint density at radius 1 is 0.872 bits per heavy atom. The largest absolute Gasteiger partial charge is 0.490 e. The molecule has 9 nitrogen and oxygen atoms in total. The van der Waals surface area contributed by atoms with E-state index in [1.807, 2.05) is 47.4 Å². The fraction of sp³-hybridized carbons (Fsp3) is 0.273. The van der Waals surface area contributed by atoms with E-state index >= 15 is 0 Å². The summed E-state index contributed by atoms with van der Waals surface area (Å²) in [4.78, 5) is 39.0. The third-order valence-electron chi connectivity index (χ3n) is 4.89. The molecule has 1 saturated heterocycles. The predicted molar refractivity (Wildman–Crippen MR) is 131 cm³/mol. The third-order valence-corrected chi connectivity index (χ3v) is 6.01. The minimum Gasteiger partial charge on any atom is -0.475 e. The van der Waals surface area contributed by atoms with Gasteiger partial charge in [0, 0.05) is 42.5 Å². The number of carbonyl (C=O) groups is 3. The van der Waals surface area contributed by atoms with Crippen molar-refractivity contribution in [2.24, 2.45) is 0 Å². The van der Waals surface area contributed by atoms with Crippen LogP contribution in [0.2, 0.25) is 5.02 Å². The summed E-state index contributed by atoms with van der Waals surface area (Å²) in [7, 11) is 0. The van der Waals surface area contributed by atoms with Crippen molar-refractivity contribution in [3.8, 4) is 0 Å². The first-order chi connectivity index (χ1) is 18.0. The van der Waals surface area contributed by atoms with E-state index in [0.717, 1.165) is 34.0 Å². The monoisotopic (exact) mass is 600 g/mol. The molecule has 0 atom stereocenters. The van der Waals surface area contributed by atoms with Crippen molar-refractivity contribution in [3.63, 3.8) is 0 Å². The number of amides is 1. The van der Waals surface area contributed by atoms with Crippen LogP contribution in [0.15, 0.2) is 42.5 Å². The molecule has 4 N–H and O–H groups in total. The standard InChI is InChI=1S/C18H17ClN4OS.2C2HF3O2/c19-13-2-4-14(5-3-13)22-7-9-23(10-8-22)17(24)12-1-6-16-15(11-12)21-18(20)25-16;2*3-2(4,5)1(6)7/h1-6,11H,7-10H2,(H2,20,21);2*(H,6,7). The van der Waals surface area contributed by atoms with E-state index in [1.165, 1.54) is 11.3 Å². The summed E-state index contributed by atoms with van der Waals surface area (Å²) >= 11 is 7.38. The lowest BCUT2D eigenvalue weighted by atomic mass is 10.1. The minimum absolute atomic E-state index is 0.0456. The molecule has 1 amide bonds. The molecule has 17 heteroatoms. The molecule has 0 unspecified atom stereocenters. The fourth-order valence-electron chi connectivity index (χ4n) is 3.08. The number of piperazine rings is 1. The molecule has 4 rings (SSSR count). The highest BCUT2D eigenvalue weighted by molar-refractivity contribution is 7.22. The Bertz CT molecular complexity index is 1280. The highest BCUT2D eigenvalue weighted by Crippen LogP contribution is 2.25. The smallest absolute Gasteiger partial charge is 0.475 e. The number of anilines is 2. The van der Waals surface area contributed by atoms with Gasteiger partial charge in [-0.3, -0.25) is 4.79 Å². The molecule has 0 radical (unpaired) electrons. The van der Waals surface area contributed by atoms with Crippen molar-refractivity contribution in [3.05, 3.63) is 53.1 Å². The topological polar surface area (TPSA) is 137 Å². The van der Waals surface area contributed by atoms with Gasteiger partial charge < -0.3 is 25.7 Å². The number of aliphatic carboxylic acids is 2. The number of carboxylic acids is 2. The van der Waals surface area contributed by atoms with Gasteiger partial charge in [0.25, 0.3) is 5.91 Å². The van der Waals surface area contributed by atoms with E-state index in [4.69, 9.17) is 37.1 Å². The molecule has 0 bridgehead atoms. The number of nitrogens with zero attached hydrogens (tertiary/aromatic N) is 3. The second-order valence-electron chi connectivity index (χ2n) is 7.60. The van der Waals surface area contributed by atoms with Gasteiger partial charge in [0.2, 0.25) is 0 Å². The van der Waals surface area contributed by atoms with Crippen LogP contribution in [0.5, 0.6) is 0 Å². The van der Waals surface area contributed by atoms with Crippen molar-refractivity contribution in [2.45, 2.75) is 12.4 Å². The van der Waals surface area contributed by atoms with Crippen LogP contribution in [0.1, 0.15) is 10.4 Å². The molecule has 1 fully saturated rings. The van der Waals surface area contributed by atoms with Crippen molar-refractivity contribution in [1.29, 1.82) is 0 Å². The number of thiazole rings is 1. The number of carbonyl (C=O) groups excluding carboxylic acids is 1. The Hall–Kier alpha value is -3.79. The highest BCUT2D eigenvalue weighted by Gasteiger charge is 2.38. The summed E-state index contributed by atoms with van der Waals surface area (Å²) in [5, 5.41) is 15.5. The Balaban J connectivity index is 0.000000317. The van der Waals surface area contributed by atoms with Gasteiger partial charge in [-0.25, -0.2) is 14.6 Å². The van der Waals surface area contributed by atoms with Crippen LogP contribution in [0.25, 0.3) is 10.2 Å². The zero-order valence-electron chi connectivity index (χ0n) is 19.5. The Kier molecular flexibility index (Phi) is 10.3. The first-order valence-electron chi connectivity index (χ1n) is 10.5. The first kappa shape index (κ1) is 31.4. The number of nitrogen functional groups attached to an aromatic ring is 1. The summed E-state index contributed by atoms with van der Waals surface area (Å²) in [6.07, 6.45) is -10.2. The van der Waals surface area contributed by atoms with Gasteiger partial charge in [0.15, 0.2) is 5.13 Å². The molecule has 39 heavy (non-hydrogen) atoms. The summed E-state index contributed by atoms with van der Waals surface area (Å²) in [6, 6.07) is 13.4. The maximum absolute atomic E-state index is 12.8. The van der Waals surface area contributed by atoms with Gasteiger partial charge >= 0.3 is 24.3 Å². The lowest BCUT2D eigenvalue weighted by Gasteiger charge is -2.36. The number of fused-ring (bicyclic) bond motifs is 1. The normalized spacial score (nSPS) is 13.6. The van der Waals surface area contributed by atoms with E-state index < -0.39 is 24.3 Å². The molecule has 1 aromatic heterocycles. The summed E-state index contributed by atoms with van der Waals surface area (Å²) in [5.41, 5.74) is 8.32. The Morgan fingerprint density at radius 3 is 1.82 bits per heavy atom. The van der Waals surface area contributed by atoms with Crippen LogP contribution in [0.4, 0.5) is 37.2 Å². The average molecular weight is 601 g/mol. The summed E-state index contributed by atoms with van der Waals surface area (Å²) in [6.45, 7) is 3.00. The van der Waals surface area contributed by atoms with Crippen LogP contribution < -0.4 is 10.6 Å². The number of hydrogen-bond acceptors (Lipinski definition) is 7. The molecule has 212 valence electrons. The lowest BCUT2D eigenvalue weighted by molar-refractivity contribution is -0.193. The van der Waals surface area contributed by atoms with Gasteiger partial charge in [-0.05, 0) is 42.5 Å². The minimum atomic E-state index is -5.08. The van der Waals surface area contributed by atoms with Crippen LogP contribution >= 0.6 is 22.9 Å². The predicted octanol–water partition coefficient (Wildman–Crippen LogP) is 4.76. The number of carboxylic acid groups (broad SMARTS) is 2. The second kappa shape index (κ2) is 12.8. The molecule has 0 aliphatic carbocycles. The average Bonchev–Trinajstić information content (AvgIpc) is 3.23.